The maximum absolute atomic E-state index is 2.67. The zero-order chi connectivity index (χ0) is 51.3. The first kappa shape index (κ1) is 46.1. The standard InChI is InChI=1S/C68H64B2N4/c1-41-13-23-49(24-14-41)71-57-31-21-45(5)33-53(57)69-55-39-56-60(40-59(55)73(51-27-17-43(3)18-28-51)63-37-47(67(7,8)9)35-61(71)65(63)69)74(52-29-19-44(4)20-30-52)64-38-48(68(10,11)12)36-62-66(64)70(56)54-34-46(6)22-32-58(54)72(62)50-25-15-42(2)16-26-50/h13-40H,1-12H3. The Morgan fingerprint density at radius 1 is 0.257 bits per heavy atom. The van der Waals surface area contributed by atoms with Crippen LogP contribution in [0, 0.1) is 41.5 Å². The van der Waals surface area contributed by atoms with Gasteiger partial charge in [0.2, 0.25) is 0 Å². The van der Waals surface area contributed by atoms with E-state index in [4.69, 9.17) is 0 Å². The number of rotatable bonds is 4. The van der Waals surface area contributed by atoms with E-state index in [1.165, 1.54) is 134 Å². The van der Waals surface area contributed by atoms with E-state index < -0.39 is 0 Å². The van der Waals surface area contributed by atoms with Crippen molar-refractivity contribution < 1.29 is 0 Å². The molecule has 0 fully saturated rings. The zero-order valence-electron chi connectivity index (χ0n) is 45.1. The highest BCUT2D eigenvalue weighted by Crippen LogP contribution is 2.50. The molecule has 0 bridgehead atoms. The molecule has 0 aromatic heterocycles. The number of nitrogens with zero attached hydrogens (tertiary/aromatic N) is 4. The fraction of sp³-hybridized carbons (Fsp3) is 0.206. The van der Waals surface area contributed by atoms with Crippen molar-refractivity contribution in [2.24, 2.45) is 0 Å². The monoisotopic (exact) mass is 959 g/mol. The molecule has 4 aliphatic rings. The molecule has 9 aromatic rings. The first-order valence-corrected chi connectivity index (χ1v) is 26.6. The van der Waals surface area contributed by atoms with Crippen molar-refractivity contribution in [1.29, 1.82) is 0 Å². The molecule has 0 spiro atoms. The van der Waals surface area contributed by atoms with E-state index in [2.05, 4.69) is 273 Å². The average molecular weight is 959 g/mol. The lowest BCUT2D eigenvalue weighted by molar-refractivity contribution is 0.590. The SMILES string of the molecule is Cc1ccc(N2c3ccc(C)cc3B3c4cc5c(cc4N(c4ccc(C)cc4)c4cc(C(C)(C)C)cc2c43)N(c2ccc(C)cc2)c2cc(C(C)(C)C)cc3c2B5c2cc(C)ccc2N3c2ccc(C)cc2)cc1. The van der Waals surface area contributed by atoms with Crippen molar-refractivity contribution in [3.05, 3.63) is 214 Å². The molecule has 0 unspecified atom stereocenters. The number of benzene rings is 9. The average Bonchev–Trinajstić information content (AvgIpc) is 3.42. The van der Waals surface area contributed by atoms with Gasteiger partial charge in [0.1, 0.15) is 0 Å². The van der Waals surface area contributed by atoms with E-state index in [1.54, 1.807) is 0 Å². The summed E-state index contributed by atoms with van der Waals surface area (Å²) >= 11 is 0. The van der Waals surface area contributed by atoms with E-state index in [0.717, 1.165) is 11.4 Å². The van der Waals surface area contributed by atoms with Crippen LogP contribution < -0.4 is 52.4 Å². The van der Waals surface area contributed by atoms with Gasteiger partial charge in [0.05, 0.1) is 0 Å². The normalized spacial score (nSPS) is 14.1. The molecule has 9 aromatic carbocycles. The van der Waals surface area contributed by atoms with Gasteiger partial charge in [-0.2, -0.15) is 0 Å². The minimum Gasteiger partial charge on any atom is -0.311 e. The first-order valence-electron chi connectivity index (χ1n) is 26.6. The maximum atomic E-state index is 2.67. The second-order valence-electron chi connectivity index (χ2n) is 24.0. The highest BCUT2D eigenvalue weighted by atomic mass is 15.2. The van der Waals surface area contributed by atoms with Crippen molar-refractivity contribution in [2.75, 3.05) is 19.6 Å². The second kappa shape index (κ2) is 16.4. The topological polar surface area (TPSA) is 13.0 Å². The Hall–Kier alpha value is -7.69. The summed E-state index contributed by atoms with van der Waals surface area (Å²) in [5.41, 5.74) is 32.4. The molecular formula is C68H64B2N4. The lowest BCUT2D eigenvalue weighted by Gasteiger charge is -2.48. The van der Waals surface area contributed by atoms with Gasteiger partial charge >= 0.3 is 0 Å². The van der Waals surface area contributed by atoms with E-state index in [0.29, 0.717) is 0 Å². The van der Waals surface area contributed by atoms with Crippen LogP contribution in [0.3, 0.4) is 0 Å². The summed E-state index contributed by atoms with van der Waals surface area (Å²) in [6.45, 7) is 27.3. The molecule has 0 amide bonds. The number of hydrogen-bond donors (Lipinski definition) is 0. The third-order valence-corrected chi connectivity index (χ3v) is 16.5. The van der Waals surface area contributed by atoms with Gasteiger partial charge < -0.3 is 19.6 Å². The first-order chi connectivity index (χ1) is 35.4. The summed E-state index contributed by atoms with van der Waals surface area (Å²) in [7, 11) is 0. The second-order valence-corrected chi connectivity index (χ2v) is 24.0. The quantitative estimate of drug-likeness (QED) is 0.163. The molecule has 0 atom stereocenters. The predicted octanol–water partition coefficient (Wildman–Crippen LogP) is 14.3. The summed E-state index contributed by atoms with van der Waals surface area (Å²) in [6, 6.07) is 66.4. The molecule has 13 rings (SSSR count). The number of aryl methyl sites for hydroxylation is 6. The molecule has 0 aliphatic carbocycles. The molecular weight excluding hydrogens is 894 g/mol. The molecule has 362 valence electrons. The third kappa shape index (κ3) is 7.12. The maximum Gasteiger partial charge on any atom is 0.252 e. The molecule has 4 nitrogen and oxygen atoms in total. The fourth-order valence-electron chi connectivity index (χ4n) is 12.5. The molecule has 0 radical (unpaired) electrons. The highest BCUT2D eigenvalue weighted by molar-refractivity contribution is 7.03. The largest absolute Gasteiger partial charge is 0.311 e. The summed E-state index contributed by atoms with van der Waals surface area (Å²) in [5.74, 6) is 0. The number of anilines is 12. The van der Waals surface area contributed by atoms with E-state index in [9.17, 15) is 0 Å². The van der Waals surface area contributed by atoms with Crippen LogP contribution in [0.4, 0.5) is 68.2 Å². The van der Waals surface area contributed by atoms with Gasteiger partial charge in [-0.25, -0.2) is 0 Å². The van der Waals surface area contributed by atoms with Crippen molar-refractivity contribution in [3.63, 3.8) is 0 Å². The van der Waals surface area contributed by atoms with Gasteiger partial charge in [-0.1, -0.05) is 154 Å². The molecule has 4 heterocycles. The van der Waals surface area contributed by atoms with Gasteiger partial charge in [-0.3, -0.25) is 0 Å². The van der Waals surface area contributed by atoms with Gasteiger partial charge in [-0.05, 0) is 187 Å². The summed E-state index contributed by atoms with van der Waals surface area (Å²) in [5, 5.41) is 0. The van der Waals surface area contributed by atoms with E-state index in [1.807, 2.05) is 0 Å². The van der Waals surface area contributed by atoms with E-state index >= 15 is 0 Å². The molecule has 74 heavy (non-hydrogen) atoms. The Bertz CT molecular complexity index is 3520. The number of hydrogen-bond acceptors (Lipinski definition) is 4. The van der Waals surface area contributed by atoms with Crippen LogP contribution in [0.1, 0.15) is 86.1 Å². The Kier molecular flexibility index (Phi) is 10.2. The zero-order valence-corrected chi connectivity index (χ0v) is 45.1. The van der Waals surface area contributed by atoms with Crippen molar-refractivity contribution in [2.45, 2.75) is 93.9 Å². The highest BCUT2D eigenvalue weighted by Gasteiger charge is 2.49. The van der Waals surface area contributed by atoms with Gasteiger partial charge in [0.25, 0.3) is 13.4 Å². The summed E-state index contributed by atoms with van der Waals surface area (Å²) < 4.78 is 0. The summed E-state index contributed by atoms with van der Waals surface area (Å²) in [4.78, 5) is 10.4. The predicted molar refractivity (Wildman–Crippen MR) is 320 cm³/mol. The number of fused-ring (bicyclic) bond motifs is 8. The molecule has 0 saturated carbocycles. The molecule has 0 saturated heterocycles. The van der Waals surface area contributed by atoms with Crippen LogP contribution in [0.2, 0.25) is 0 Å². The van der Waals surface area contributed by atoms with Gasteiger partial charge in [-0.15, -0.1) is 0 Å². The fourth-order valence-corrected chi connectivity index (χ4v) is 12.5. The van der Waals surface area contributed by atoms with Crippen molar-refractivity contribution in [3.8, 4) is 0 Å². The van der Waals surface area contributed by atoms with Crippen LogP contribution in [-0.2, 0) is 10.8 Å². The van der Waals surface area contributed by atoms with Crippen LogP contribution in [0.5, 0.6) is 0 Å². The van der Waals surface area contributed by atoms with Crippen LogP contribution in [-0.4, -0.2) is 13.4 Å². The smallest absolute Gasteiger partial charge is 0.252 e. The Labute approximate surface area is 440 Å². The minimum absolute atomic E-state index is 0.0470. The van der Waals surface area contributed by atoms with Crippen molar-refractivity contribution >= 4 is 114 Å². The molecule has 6 heteroatoms. The van der Waals surface area contributed by atoms with Crippen LogP contribution in [0.25, 0.3) is 0 Å². The molecule has 4 aliphatic heterocycles. The summed E-state index contributed by atoms with van der Waals surface area (Å²) in [6.07, 6.45) is 0. The van der Waals surface area contributed by atoms with Crippen molar-refractivity contribution in [1.82, 2.24) is 0 Å². The van der Waals surface area contributed by atoms with Gasteiger partial charge in [0.15, 0.2) is 0 Å². The Morgan fingerprint density at radius 3 is 0.797 bits per heavy atom. The molecule has 0 N–H and O–H groups in total. The Morgan fingerprint density at radius 2 is 0.514 bits per heavy atom. The van der Waals surface area contributed by atoms with E-state index in [-0.39, 0.29) is 24.3 Å². The third-order valence-electron chi connectivity index (χ3n) is 16.5. The minimum atomic E-state index is -0.129. The van der Waals surface area contributed by atoms with Gasteiger partial charge in [0, 0.05) is 68.2 Å². The lowest BCUT2D eigenvalue weighted by atomic mass is 9.30. The van der Waals surface area contributed by atoms with Crippen LogP contribution in [0.15, 0.2) is 170 Å². The lowest BCUT2D eigenvalue weighted by Crippen LogP contribution is -2.65. The van der Waals surface area contributed by atoms with Crippen LogP contribution >= 0.6 is 0 Å². The Balaban J connectivity index is 1.18.